The van der Waals surface area contributed by atoms with E-state index in [4.69, 9.17) is 14.7 Å². The minimum atomic E-state index is -0.714. The van der Waals surface area contributed by atoms with Crippen LogP contribution in [0, 0.1) is 23.2 Å². The lowest BCUT2D eigenvalue weighted by Crippen LogP contribution is -2.31. The molecule has 0 saturated heterocycles. The molecule has 1 aliphatic carbocycles. The van der Waals surface area contributed by atoms with Crippen LogP contribution < -0.4 is 4.74 Å². The molecule has 0 fully saturated rings. The fourth-order valence-electron chi connectivity index (χ4n) is 3.53. The lowest BCUT2D eigenvalue weighted by molar-refractivity contribution is -0.145. The number of nitriles is 1. The predicted octanol–water partition coefficient (Wildman–Crippen LogP) is 3.02. The van der Waals surface area contributed by atoms with Gasteiger partial charge >= 0.3 is 5.97 Å². The molecule has 0 bridgehead atoms. The summed E-state index contributed by atoms with van der Waals surface area (Å²) in [5, 5.41) is 9.08. The molecule has 1 heterocycles. The molecule has 0 N–H and O–H groups in total. The molecule has 0 spiro atoms. The summed E-state index contributed by atoms with van der Waals surface area (Å²) in [4.78, 5) is 39.4. The number of carbonyl (C=O) groups is 3. The topological polar surface area (TPSA) is 96.7 Å². The van der Waals surface area contributed by atoms with Crippen LogP contribution in [0.25, 0.3) is 0 Å². The van der Waals surface area contributed by atoms with Crippen molar-refractivity contribution in [2.45, 2.75) is 18.7 Å². The third-order valence-corrected chi connectivity index (χ3v) is 5.90. The lowest BCUT2D eigenvalue weighted by Gasteiger charge is -2.20. The molecule has 2 unspecified atom stereocenters. The zero-order valence-electron chi connectivity index (χ0n) is 17.5. The molecule has 0 amide bonds. The second kappa shape index (κ2) is 10.3. The molecule has 0 aromatic heterocycles. The van der Waals surface area contributed by atoms with Gasteiger partial charge in [-0.15, -0.1) is 11.8 Å². The minimum Gasteiger partial charge on any atom is -0.481 e. The summed E-state index contributed by atoms with van der Waals surface area (Å²) >= 11 is 1.52. The van der Waals surface area contributed by atoms with Crippen molar-refractivity contribution in [1.29, 1.82) is 5.26 Å². The van der Waals surface area contributed by atoms with E-state index in [1.807, 2.05) is 24.1 Å². The summed E-state index contributed by atoms with van der Waals surface area (Å²) in [6.45, 7) is 4.36. The van der Waals surface area contributed by atoms with Crippen LogP contribution in [-0.4, -0.2) is 54.5 Å². The van der Waals surface area contributed by atoms with E-state index >= 15 is 0 Å². The number of thioether (sulfide) groups is 1. The van der Waals surface area contributed by atoms with E-state index in [-0.39, 0.29) is 37.2 Å². The maximum Gasteiger partial charge on any atom is 0.344 e. The number of ether oxygens (including phenoxy) is 2. The summed E-state index contributed by atoms with van der Waals surface area (Å²) in [6.07, 6.45) is 5.23. The van der Waals surface area contributed by atoms with Gasteiger partial charge in [0.25, 0.3) is 0 Å². The number of nitrogens with zero attached hydrogens (tertiary/aromatic N) is 2. The number of fused-ring (bicyclic) bond motifs is 1. The van der Waals surface area contributed by atoms with Crippen LogP contribution in [0.2, 0.25) is 0 Å². The molecule has 3 rings (SSSR count). The average Bonchev–Trinajstić information content (AvgIpc) is 3.17. The Morgan fingerprint density at radius 2 is 2.13 bits per heavy atom. The van der Waals surface area contributed by atoms with E-state index in [1.165, 1.54) is 11.8 Å². The first-order valence-electron chi connectivity index (χ1n) is 10.1. The number of rotatable bonds is 9. The van der Waals surface area contributed by atoms with Crippen molar-refractivity contribution in [3.8, 4) is 11.8 Å². The zero-order valence-corrected chi connectivity index (χ0v) is 18.3. The Kier molecular flexibility index (Phi) is 7.53. The first-order valence-corrected chi connectivity index (χ1v) is 11.1. The zero-order chi connectivity index (χ0) is 22.4. The van der Waals surface area contributed by atoms with Crippen molar-refractivity contribution in [2.75, 3.05) is 32.1 Å². The Labute approximate surface area is 185 Å². The Bertz CT molecular complexity index is 979. The van der Waals surface area contributed by atoms with Crippen LogP contribution in [0.3, 0.4) is 0 Å². The van der Waals surface area contributed by atoms with Gasteiger partial charge in [0, 0.05) is 18.3 Å². The molecular weight excluding hydrogens is 416 g/mol. The Hall–Kier alpha value is -3.05. The molecule has 8 heteroatoms. The molecule has 2 atom stereocenters. The Morgan fingerprint density at radius 3 is 2.84 bits per heavy atom. The summed E-state index contributed by atoms with van der Waals surface area (Å²) in [7, 11) is 0. The standard InChI is InChI=1S/C23H24N2O5S/c1-3-29-22(27)14-30-20-8-7-15(9-21(20)31-4-2)19(26)13-25-11-17-6-5-16(10-24)23(28)18(17)12-25/h5-9,11,16,18H,3-4,12-14H2,1-2H3. The largest absolute Gasteiger partial charge is 0.481 e. The number of Topliss-reactive ketones (excluding diaryl/α,β-unsaturated/α-hetero) is 2. The Morgan fingerprint density at radius 1 is 1.32 bits per heavy atom. The van der Waals surface area contributed by atoms with E-state index in [2.05, 4.69) is 0 Å². The maximum absolute atomic E-state index is 12.9. The molecule has 1 aromatic carbocycles. The summed E-state index contributed by atoms with van der Waals surface area (Å²) in [5.41, 5.74) is 1.37. The minimum absolute atomic E-state index is 0.0846. The van der Waals surface area contributed by atoms with Crippen LogP contribution >= 0.6 is 11.8 Å². The average molecular weight is 441 g/mol. The van der Waals surface area contributed by atoms with Gasteiger partial charge in [-0.3, -0.25) is 9.59 Å². The first-order chi connectivity index (χ1) is 15.0. The fraction of sp³-hybridized carbons (Fsp3) is 0.391. The molecule has 7 nitrogen and oxygen atoms in total. The van der Waals surface area contributed by atoms with Crippen molar-refractivity contribution < 1.29 is 23.9 Å². The summed E-state index contributed by atoms with van der Waals surface area (Å²) < 4.78 is 10.4. The lowest BCUT2D eigenvalue weighted by atomic mass is 9.84. The smallest absolute Gasteiger partial charge is 0.344 e. The van der Waals surface area contributed by atoms with Crippen molar-refractivity contribution >= 4 is 29.3 Å². The number of allylic oxidation sites excluding steroid dienone is 2. The molecule has 162 valence electrons. The molecule has 0 radical (unpaired) electrons. The second-order valence-corrected chi connectivity index (χ2v) is 8.40. The molecule has 31 heavy (non-hydrogen) atoms. The van der Waals surface area contributed by atoms with E-state index in [0.29, 0.717) is 17.9 Å². The number of benzene rings is 1. The highest BCUT2D eigenvalue weighted by molar-refractivity contribution is 7.99. The highest BCUT2D eigenvalue weighted by Gasteiger charge is 2.36. The highest BCUT2D eigenvalue weighted by atomic mass is 32.2. The monoisotopic (exact) mass is 440 g/mol. The van der Waals surface area contributed by atoms with Gasteiger partial charge in [0.1, 0.15) is 11.7 Å². The van der Waals surface area contributed by atoms with Gasteiger partial charge in [-0.05, 0) is 36.4 Å². The Balaban J connectivity index is 1.67. The second-order valence-electron chi connectivity index (χ2n) is 7.09. The molecule has 0 saturated carbocycles. The number of esters is 1. The van der Waals surface area contributed by atoms with E-state index < -0.39 is 11.9 Å². The number of hydrogen-bond donors (Lipinski definition) is 0. The summed E-state index contributed by atoms with van der Waals surface area (Å²) in [5.74, 6) is -0.401. The molecule has 1 aromatic rings. The van der Waals surface area contributed by atoms with E-state index in [9.17, 15) is 14.4 Å². The molecule has 2 aliphatic rings. The third kappa shape index (κ3) is 5.36. The quantitative estimate of drug-likeness (QED) is 0.328. The summed E-state index contributed by atoms with van der Waals surface area (Å²) in [6, 6.07) is 7.14. The highest BCUT2D eigenvalue weighted by Crippen LogP contribution is 2.32. The SMILES string of the molecule is CCOC(=O)COc1ccc(C(=O)CN2C=C3C=CC(C#N)C(=O)C3C2)cc1SCC. The number of carbonyl (C=O) groups excluding carboxylic acids is 3. The maximum atomic E-state index is 12.9. The molecule has 1 aliphatic heterocycles. The van der Waals surface area contributed by atoms with Gasteiger partial charge in [0.05, 0.1) is 30.0 Å². The van der Waals surface area contributed by atoms with Gasteiger partial charge in [-0.2, -0.15) is 5.26 Å². The van der Waals surface area contributed by atoms with Gasteiger partial charge < -0.3 is 14.4 Å². The van der Waals surface area contributed by atoms with Crippen molar-refractivity contribution in [3.63, 3.8) is 0 Å². The van der Waals surface area contributed by atoms with Gasteiger partial charge in [-0.1, -0.05) is 19.1 Å². The number of hydrogen-bond acceptors (Lipinski definition) is 8. The first kappa shape index (κ1) is 22.6. The normalized spacial score (nSPS) is 19.5. The predicted molar refractivity (Wildman–Crippen MR) is 116 cm³/mol. The van der Waals surface area contributed by atoms with Crippen molar-refractivity contribution in [2.24, 2.45) is 11.8 Å². The number of ketones is 2. The van der Waals surface area contributed by atoms with Crippen LogP contribution in [0.5, 0.6) is 5.75 Å². The van der Waals surface area contributed by atoms with Crippen LogP contribution in [0.15, 0.2) is 47.0 Å². The van der Waals surface area contributed by atoms with Crippen molar-refractivity contribution in [3.05, 3.63) is 47.7 Å². The fourth-order valence-corrected chi connectivity index (χ4v) is 4.32. The van der Waals surface area contributed by atoms with Crippen molar-refractivity contribution in [1.82, 2.24) is 4.90 Å². The van der Waals surface area contributed by atoms with Crippen LogP contribution in [0.4, 0.5) is 0 Å². The van der Waals surface area contributed by atoms with Gasteiger partial charge in [0.15, 0.2) is 18.2 Å². The van der Waals surface area contributed by atoms with Gasteiger partial charge in [0.2, 0.25) is 0 Å². The third-order valence-electron chi connectivity index (χ3n) is 4.98. The molecular formula is C23H24N2O5S. The van der Waals surface area contributed by atoms with E-state index in [1.54, 1.807) is 37.3 Å². The van der Waals surface area contributed by atoms with E-state index in [0.717, 1.165) is 16.2 Å². The van der Waals surface area contributed by atoms with Crippen LogP contribution in [-0.2, 0) is 14.3 Å². The van der Waals surface area contributed by atoms with Crippen LogP contribution in [0.1, 0.15) is 24.2 Å². The van der Waals surface area contributed by atoms with Gasteiger partial charge in [-0.25, -0.2) is 4.79 Å².